The molecule has 0 aromatic heterocycles. The molecule has 88 valence electrons. The molecule has 0 aliphatic heterocycles. The van der Waals surface area contributed by atoms with E-state index < -0.39 is 0 Å². The molecule has 0 unspecified atom stereocenters. The van der Waals surface area contributed by atoms with E-state index in [2.05, 4.69) is 6.92 Å². The Morgan fingerprint density at radius 1 is 1.06 bits per heavy atom. The molecule has 0 radical (unpaired) electrons. The van der Waals surface area contributed by atoms with E-state index in [1.807, 2.05) is 42.5 Å². The molecule has 2 aromatic carbocycles. The number of benzene rings is 2. The number of nitrogens with zero attached hydrogens (tertiary/aromatic N) is 1. The van der Waals surface area contributed by atoms with Gasteiger partial charge in [0.15, 0.2) is 0 Å². The summed E-state index contributed by atoms with van der Waals surface area (Å²) < 4.78 is 4.92. The smallest absolute Gasteiger partial charge is 0.390 e. The Kier molecular flexibility index (Phi) is 4.86. The largest absolute Gasteiger partial charge is 1.00 e. The molecule has 2 aromatic rings. The van der Waals surface area contributed by atoms with E-state index >= 15 is 0 Å². The Balaban J connectivity index is 0.00000144. The summed E-state index contributed by atoms with van der Waals surface area (Å²) in [5, 5.41) is 8.57. The molecule has 3 heteroatoms. The SMILES string of the molecule is [Au+].[CH2-]c1ccc(OC#N)c(-c2ccccc2)c1. The van der Waals surface area contributed by atoms with E-state index in [-0.39, 0.29) is 22.4 Å². The van der Waals surface area contributed by atoms with Gasteiger partial charge in [0.05, 0.1) is 0 Å². The van der Waals surface area contributed by atoms with Gasteiger partial charge in [-0.2, -0.15) is 24.6 Å². The van der Waals surface area contributed by atoms with E-state index in [0.717, 1.165) is 16.7 Å². The summed E-state index contributed by atoms with van der Waals surface area (Å²) in [6.07, 6.45) is 1.69. The maximum Gasteiger partial charge on any atom is 1.00 e. The molecule has 0 N–H and O–H groups in total. The van der Waals surface area contributed by atoms with Crippen molar-refractivity contribution in [2.75, 3.05) is 0 Å². The van der Waals surface area contributed by atoms with Crippen LogP contribution in [0.15, 0.2) is 48.5 Å². The van der Waals surface area contributed by atoms with Gasteiger partial charge >= 0.3 is 22.4 Å². The van der Waals surface area contributed by atoms with Gasteiger partial charge in [0, 0.05) is 0 Å². The van der Waals surface area contributed by atoms with Gasteiger partial charge in [-0.15, -0.1) is 5.26 Å². The van der Waals surface area contributed by atoms with Crippen LogP contribution in [0.1, 0.15) is 5.56 Å². The van der Waals surface area contributed by atoms with E-state index in [0.29, 0.717) is 5.75 Å². The Labute approximate surface area is 116 Å². The van der Waals surface area contributed by atoms with Crippen molar-refractivity contribution in [2.24, 2.45) is 0 Å². The quantitative estimate of drug-likeness (QED) is 0.436. The second kappa shape index (κ2) is 6.17. The predicted molar refractivity (Wildman–Crippen MR) is 62.6 cm³/mol. The van der Waals surface area contributed by atoms with Crippen LogP contribution < -0.4 is 4.74 Å². The third-order valence-corrected chi connectivity index (χ3v) is 2.28. The molecule has 0 atom stereocenters. The average molecular weight is 405 g/mol. The van der Waals surface area contributed by atoms with Crippen LogP contribution in [0.5, 0.6) is 5.75 Å². The minimum absolute atomic E-state index is 0. The minimum Gasteiger partial charge on any atom is -0.390 e. The fraction of sp³-hybridized carbons (Fsp3) is 0. The van der Waals surface area contributed by atoms with Crippen molar-refractivity contribution in [3.63, 3.8) is 0 Å². The van der Waals surface area contributed by atoms with Gasteiger partial charge in [-0.3, -0.25) is 0 Å². The van der Waals surface area contributed by atoms with Crippen molar-refractivity contribution in [3.05, 3.63) is 61.0 Å². The molecule has 0 saturated heterocycles. The van der Waals surface area contributed by atoms with Gasteiger partial charge in [0.1, 0.15) is 5.75 Å². The van der Waals surface area contributed by atoms with Crippen LogP contribution in [0, 0.1) is 18.4 Å². The third-order valence-electron chi connectivity index (χ3n) is 2.28. The number of hydrogen-bond acceptors (Lipinski definition) is 2. The van der Waals surface area contributed by atoms with Crippen molar-refractivity contribution in [1.29, 1.82) is 5.26 Å². The summed E-state index contributed by atoms with van der Waals surface area (Å²) in [6.45, 7) is 3.87. The van der Waals surface area contributed by atoms with Crippen LogP contribution in [0.25, 0.3) is 11.1 Å². The molecular weight excluding hydrogens is 395 g/mol. The van der Waals surface area contributed by atoms with Crippen LogP contribution >= 0.6 is 0 Å². The topological polar surface area (TPSA) is 33.0 Å². The maximum atomic E-state index is 8.57. The molecule has 0 aliphatic rings. The number of hydrogen-bond donors (Lipinski definition) is 0. The Bertz CT molecular complexity index is 532. The standard InChI is InChI=1S/C14H10NO.Au/c1-11-7-8-14(16-10-15)13(9-11)12-5-3-2-4-6-12;/h2-9H,1H2;/q-1;+1. The predicted octanol–water partition coefficient (Wildman–Crippen LogP) is 3.39. The van der Waals surface area contributed by atoms with Gasteiger partial charge < -0.3 is 4.74 Å². The molecule has 0 aliphatic carbocycles. The molecular formula is C14H10AuNO. The molecule has 2 nitrogen and oxygen atoms in total. The second-order valence-electron chi connectivity index (χ2n) is 3.39. The molecule has 0 bridgehead atoms. The van der Waals surface area contributed by atoms with Gasteiger partial charge in [-0.1, -0.05) is 36.4 Å². The Morgan fingerprint density at radius 3 is 2.41 bits per heavy atom. The monoisotopic (exact) mass is 405 g/mol. The normalized spacial score (nSPS) is 8.88. The summed E-state index contributed by atoms with van der Waals surface area (Å²) in [7, 11) is 0. The van der Waals surface area contributed by atoms with Gasteiger partial charge in [0.25, 0.3) is 6.26 Å². The minimum atomic E-state index is 0. The van der Waals surface area contributed by atoms with Crippen molar-refractivity contribution >= 4 is 0 Å². The van der Waals surface area contributed by atoms with Gasteiger partial charge in [-0.05, 0) is 11.1 Å². The van der Waals surface area contributed by atoms with Crippen LogP contribution in [-0.2, 0) is 22.4 Å². The van der Waals surface area contributed by atoms with E-state index in [4.69, 9.17) is 10.00 Å². The van der Waals surface area contributed by atoms with Crippen molar-refractivity contribution in [3.8, 4) is 23.1 Å². The first-order chi connectivity index (χ1) is 7.81. The molecule has 17 heavy (non-hydrogen) atoms. The van der Waals surface area contributed by atoms with Crippen LogP contribution in [0.2, 0.25) is 0 Å². The summed E-state index contributed by atoms with van der Waals surface area (Å²) >= 11 is 0. The zero-order valence-corrected chi connectivity index (χ0v) is 11.1. The molecule has 2 rings (SSSR count). The number of nitriles is 1. The van der Waals surface area contributed by atoms with Crippen molar-refractivity contribution in [2.45, 2.75) is 0 Å². The summed E-state index contributed by atoms with van der Waals surface area (Å²) in [5.41, 5.74) is 2.79. The molecule has 0 amide bonds. The van der Waals surface area contributed by atoms with Gasteiger partial charge in [0.2, 0.25) is 0 Å². The molecule has 0 fully saturated rings. The van der Waals surface area contributed by atoms with Crippen LogP contribution in [0.3, 0.4) is 0 Å². The maximum absolute atomic E-state index is 8.57. The third kappa shape index (κ3) is 3.15. The molecule has 0 spiro atoms. The fourth-order valence-electron chi connectivity index (χ4n) is 1.56. The first kappa shape index (κ1) is 13.4. The Hall–Kier alpha value is -1.66. The van der Waals surface area contributed by atoms with Crippen molar-refractivity contribution in [1.82, 2.24) is 0 Å². The van der Waals surface area contributed by atoms with Crippen LogP contribution in [0.4, 0.5) is 0 Å². The zero-order chi connectivity index (χ0) is 11.4. The first-order valence-corrected chi connectivity index (χ1v) is 4.88. The first-order valence-electron chi connectivity index (χ1n) is 4.88. The van der Waals surface area contributed by atoms with E-state index in [1.54, 1.807) is 12.3 Å². The molecule has 0 heterocycles. The fourth-order valence-corrected chi connectivity index (χ4v) is 1.56. The van der Waals surface area contributed by atoms with Crippen LogP contribution in [-0.4, -0.2) is 0 Å². The number of ether oxygens (including phenoxy) is 1. The summed E-state index contributed by atoms with van der Waals surface area (Å²) in [6, 6.07) is 15.3. The molecule has 0 saturated carbocycles. The van der Waals surface area contributed by atoms with Crippen molar-refractivity contribution < 1.29 is 27.1 Å². The summed E-state index contributed by atoms with van der Waals surface area (Å²) in [4.78, 5) is 0. The Morgan fingerprint density at radius 2 is 1.76 bits per heavy atom. The average Bonchev–Trinajstić information content (AvgIpc) is 2.33. The zero-order valence-electron chi connectivity index (χ0n) is 8.98. The summed E-state index contributed by atoms with van der Waals surface area (Å²) in [5.74, 6) is 0.557. The number of rotatable bonds is 2. The van der Waals surface area contributed by atoms with E-state index in [1.165, 1.54) is 0 Å². The second-order valence-corrected chi connectivity index (χ2v) is 3.39. The van der Waals surface area contributed by atoms with Gasteiger partial charge in [-0.25, -0.2) is 0 Å². The van der Waals surface area contributed by atoms with E-state index in [9.17, 15) is 0 Å².